The van der Waals surface area contributed by atoms with E-state index in [2.05, 4.69) is 11.9 Å². The Morgan fingerprint density at radius 1 is 1.00 bits per heavy atom. The van der Waals surface area contributed by atoms with Crippen molar-refractivity contribution in [3.05, 3.63) is 0 Å². The third-order valence-electron chi connectivity index (χ3n) is 5.44. The SMILES string of the molecule is CN1CC[C@]2(CC[C@@H]3CCCC[C@H]3C2)C1. The third-order valence-corrected chi connectivity index (χ3v) is 5.44. The summed E-state index contributed by atoms with van der Waals surface area (Å²) in [7, 11) is 2.31. The van der Waals surface area contributed by atoms with Crippen molar-refractivity contribution < 1.29 is 0 Å². The Labute approximate surface area is 94.2 Å². The molecule has 1 heteroatoms. The van der Waals surface area contributed by atoms with E-state index in [9.17, 15) is 0 Å². The molecule has 0 aromatic carbocycles. The molecular weight excluding hydrogens is 182 g/mol. The molecular formula is C14H25N. The zero-order valence-corrected chi connectivity index (χ0v) is 10.2. The molecule has 86 valence electrons. The predicted molar refractivity (Wildman–Crippen MR) is 63.8 cm³/mol. The minimum atomic E-state index is 0.757. The highest BCUT2D eigenvalue weighted by molar-refractivity contribution is 4.96. The molecule has 1 nitrogen and oxygen atoms in total. The van der Waals surface area contributed by atoms with E-state index in [1.54, 1.807) is 32.1 Å². The van der Waals surface area contributed by atoms with Crippen molar-refractivity contribution in [2.75, 3.05) is 20.1 Å². The van der Waals surface area contributed by atoms with Gasteiger partial charge in [0.25, 0.3) is 0 Å². The lowest BCUT2D eigenvalue weighted by molar-refractivity contribution is 0.0655. The summed E-state index contributed by atoms with van der Waals surface area (Å²) in [5.74, 6) is 2.23. The van der Waals surface area contributed by atoms with Crippen LogP contribution in [0, 0.1) is 17.3 Å². The van der Waals surface area contributed by atoms with E-state index in [0.717, 1.165) is 17.3 Å². The molecule has 0 aromatic heterocycles. The van der Waals surface area contributed by atoms with Gasteiger partial charge in [-0.05, 0) is 56.5 Å². The Bertz CT molecular complexity index is 237. The van der Waals surface area contributed by atoms with Crippen LogP contribution in [-0.2, 0) is 0 Å². The smallest absolute Gasteiger partial charge is 0.00355 e. The summed E-state index contributed by atoms with van der Waals surface area (Å²) in [6.45, 7) is 2.76. The van der Waals surface area contributed by atoms with Crippen molar-refractivity contribution in [1.29, 1.82) is 0 Å². The standard InChI is InChI=1S/C14H25N/c1-15-9-8-14(11-15)7-6-12-4-2-3-5-13(12)10-14/h12-13H,2-11H2,1H3/t12-,13-,14-/m0/s1. The Morgan fingerprint density at radius 3 is 2.53 bits per heavy atom. The van der Waals surface area contributed by atoms with E-state index in [1.165, 1.54) is 32.4 Å². The van der Waals surface area contributed by atoms with E-state index in [1.807, 2.05) is 0 Å². The van der Waals surface area contributed by atoms with Gasteiger partial charge in [-0.15, -0.1) is 0 Å². The number of likely N-dealkylation sites (tertiary alicyclic amines) is 1. The molecule has 0 N–H and O–H groups in total. The van der Waals surface area contributed by atoms with Crippen LogP contribution in [0.1, 0.15) is 51.4 Å². The van der Waals surface area contributed by atoms with Crippen LogP contribution in [0.5, 0.6) is 0 Å². The van der Waals surface area contributed by atoms with Gasteiger partial charge in [0.15, 0.2) is 0 Å². The first-order valence-corrected chi connectivity index (χ1v) is 6.96. The Hall–Kier alpha value is -0.0400. The van der Waals surface area contributed by atoms with Crippen LogP contribution in [-0.4, -0.2) is 25.0 Å². The van der Waals surface area contributed by atoms with Gasteiger partial charge in [0, 0.05) is 6.54 Å². The van der Waals surface area contributed by atoms with Gasteiger partial charge in [-0.1, -0.05) is 25.7 Å². The quantitative estimate of drug-likeness (QED) is 0.589. The molecule has 3 atom stereocenters. The number of nitrogens with zero attached hydrogens (tertiary/aromatic N) is 1. The molecule has 0 unspecified atom stereocenters. The maximum atomic E-state index is 2.56. The van der Waals surface area contributed by atoms with E-state index >= 15 is 0 Å². The first-order valence-electron chi connectivity index (χ1n) is 6.96. The third kappa shape index (κ3) is 1.84. The van der Waals surface area contributed by atoms with Crippen LogP contribution in [0.4, 0.5) is 0 Å². The monoisotopic (exact) mass is 207 g/mol. The topological polar surface area (TPSA) is 3.24 Å². The Kier molecular flexibility index (Phi) is 2.54. The average molecular weight is 207 g/mol. The molecule has 15 heavy (non-hydrogen) atoms. The summed E-state index contributed by atoms with van der Waals surface area (Å²) < 4.78 is 0. The minimum Gasteiger partial charge on any atom is -0.306 e. The van der Waals surface area contributed by atoms with Crippen LogP contribution in [0.3, 0.4) is 0 Å². The average Bonchev–Trinajstić information content (AvgIpc) is 2.60. The lowest BCUT2D eigenvalue weighted by Gasteiger charge is -2.45. The van der Waals surface area contributed by atoms with E-state index in [4.69, 9.17) is 0 Å². The fraction of sp³-hybridized carbons (Fsp3) is 1.00. The van der Waals surface area contributed by atoms with Gasteiger partial charge >= 0.3 is 0 Å². The van der Waals surface area contributed by atoms with Gasteiger partial charge in [0.1, 0.15) is 0 Å². The highest BCUT2D eigenvalue weighted by Gasteiger charge is 2.44. The van der Waals surface area contributed by atoms with Gasteiger partial charge in [-0.25, -0.2) is 0 Å². The van der Waals surface area contributed by atoms with Crippen molar-refractivity contribution in [2.45, 2.75) is 51.4 Å². The van der Waals surface area contributed by atoms with Gasteiger partial charge in [-0.2, -0.15) is 0 Å². The molecule has 0 amide bonds. The van der Waals surface area contributed by atoms with Crippen LogP contribution in [0.25, 0.3) is 0 Å². The van der Waals surface area contributed by atoms with E-state index < -0.39 is 0 Å². The highest BCUT2D eigenvalue weighted by Crippen LogP contribution is 2.51. The lowest BCUT2D eigenvalue weighted by Crippen LogP contribution is -2.37. The van der Waals surface area contributed by atoms with Crippen molar-refractivity contribution in [2.24, 2.45) is 17.3 Å². The molecule has 0 bridgehead atoms. The van der Waals surface area contributed by atoms with Gasteiger partial charge < -0.3 is 4.90 Å². The fourth-order valence-electron chi connectivity index (χ4n) is 4.61. The molecule has 3 fully saturated rings. The van der Waals surface area contributed by atoms with Crippen molar-refractivity contribution in [3.63, 3.8) is 0 Å². The maximum absolute atomic E-state index is 2.56. The predicted octanol–water partition coefficient (Wildman–Crippen LogP) is 3.30. The molecule has 0 radical (unpaired) electrons. The van der Waals surface area contributed by atoms with Gasteiger partial charge in [0.05, 0.1) is 0 Å². The minimum absolute atomic E-state index is 0.757. The number of rotatable bonds is 0. The summed E-state index contributed by atoms with van der Waals surface area (Å²) in [5, 5.41) is 0. The molecule has 3 aliphatic rings. The van der Waals surface area contributed by atoms with Crippen molar-refractivity contribution in [3.8, 4) is 0 Å². The van der Waals surface area contributed by atoms with E-state index in [0.29, 0.717) is 0 Å². The lowest BCUT2D eigenvalue weighted by atomic mass is 9.61. The summed E-state index contributed by atoms with van der Waals surface area (Å²) in [6, 6.07) is 0. The van der Waals surface area contributed by atoms with E-state index in [-0.39, 0.29) is 0 Å². The summed E-state index contributed by atoms with van der Waals surface area (Å²) in [6.07, 6.45) is 12.3. The van der Waals surface area contributed by atoms with Gasteiger partial charge in [0.2, 0.25) is 0 Å². The molecule has 1 spiro atoms. The first kappa shape index (κ1) is 10.1. The molecule has 1 heterocycles. The largest absolute Gasteiger partial charge is 0.306 e. The summed E-state index contributed by atoms with van der Waals surface area (Å²) >= 11 is 0. The van der Waals surface area contributed by atoms with Crippen LogP contribution in [0.15, 0.2) is 0 Å². The zero-order valence-electron chi connectivity index (χ0n) is 10.2. The van der Waals surface area contributed by atoms with Crippen LogP contribution >= 0.6 is 0 Å². The molecule has 2 saturated carbocycles. The second-order valence-electron chi connectivity index (χ2n) is 6.54. The maximum Gasteiger partial charge on any atom is 0.00355 e. The number of hydrogen-bond donors (Lipinski definition) is 0. The van der Waals surface area contributed by atoms with Crippen LogP contribution < -0.4 is 0 Å². The highest BCUT2D eigenvalue weighted by atomic mass is 15.1. The number of hydrogen-bond acceptors (Lipinski definition) is 1. The molecule has 3 rings (SSSR count). The summed E-state index contributed by atoms with van der Waals surface area (Å²) in [4.78, 5) is 2.56. The molecule has 2 aliphatic carbocycles. The first-order chi connectivity index (χ1) is 7.27. The second-order valence-corrected chi connectivity index (χ2v) is 6.54. The second kappa shape index (κ2) is 3.76. The normalized spacial score (nSPS) is 47.0. The van der Waals surface area contributed by atoms with Crippen molar-refractivity contribution >= 4 is 0 Å². The fourth-order valence-corrected chi connectivity index (χ4v) is 4.61. The summed E-state index contributed by atoms with van der Waals surface area (Å²) in [5.41, 5.74) is 0.757. The van der Waals surface area contributed by atoms with Crippen LogP contribution in [0.2, 0.25) is 0 Å². The van der Waals surface area contributed by atoms with Crippen molar-refractivity contribution in [1.82, 2.24) is 4.90 Å². The Morgan fingerprint density at radius 2 is 1.80 bits per heavy atom. The molecule has 0 aromatic rings. The molecule has 1 saturated heterocycles. The zero-order chi connectivity index (χ0) is 10.3. The Balaban J connectivity index is 1.69. The molecule has 1 aliphatic heterocycles. The van der Waals surface area contributed by atoms with Gasteiger partial charge in [-0.3, -0.25) is 0 Å². The number of fused-ring (bicyclic) bond motifs is 1.